The number of nitrogens with zero attached hydrogens (tertiary/aromatic N) is 2. The van der Waals surface area contributed by atoms with Crippen LogP contribution < -0.4 is 4.31 Å². The number of para-hydroxylation sites is 1. The van der Waals surface area contributed by atoms with Crippen LogP contribution >= 0.6 is 11.6 Å². The van der Waals surface area contributed by atoms with Gasteiger partial charge in [-0.15, -0.1) is 0 Å². The summed E-state index contributed by atoms with van der Waals surface area (Å²) in [6, 6.07) is 22.5. The van der Waals surface area contributed by atoms with Crippen LogP contribution in [0.2, 0.25) is 5.02 Å². The Bertz CT molecular complexity index is 1190. The zero-order valence-corrected chi connectivity index (χ0v) is 19.5. The Kier molecular flexibility index (Phi) is 5.97. The fourth-order valence-electron chi connectivity index (χ4n) is 4.88. The Morgan fingerprint density at radius 2 is 1.56 bits per heavy atom. The number of benzene rings is 3. The molecule has 1 atom stereocenters. The van der Waals surface area contributed by atoms with Gasteiger partial charge in [0.05, 0.1) is 16.6 Å². The average molecular weight is 467 g/mol. The molecule has 2 aliphatic heterocycles. The standard InChI is InChI=1S/C26H27ClN2O2S/c27-23-12-14-24(15-13-23)32(30,31)29-25-6-2-1-5-21(25)11-16-26(29)22-9-7-20(8-10-22)19-28-17-3-4-18-28/h1-2,5-10,12-15,26H,3-4,11,16-19H2. The van der Waals surface area contributed by atoms with E-state index in [9.17, 15) is 8.42 Å². The minimum atomic E-state index is -3.75. The van der Waals surface area contributed by atoms with E-state index in [1.807, 2.05) is 24.3 Å². The first-order chi connectivity index (χ1) is 15.5. The molecule has 5 rings (SSSR count). The second-order valence-electron chi connectivity index (χ2n) is 8.66. The third-order valence-electron chi connectivity index (χ3n) is 6.54. The summed E-state index contributed by atoms with van der Waals surface area (Å²) in [7, 11) is -3.75. The van der Waals surface area contributed by atoms with Crippen LogP contribution in [0.1, 0.15) is 42.0 Å². The summed E-state index contributed by atoms with van der Waals surface area (Å²) in [4.78, 5) is 2.73. The van der Waals surface area contributed by atoms with Gasteiger partial charge in [-0.2, -0.15) is 0 Å². The molecule has 0 spiro atoms. The number of halogens is 1. The fourth-order valence-corrected chi connectivity index (χ4v) is 6.71. The highest BCUT2D eigenvalue weighted by molar-refractivity contribution is 7.92. The van der Waals surface area contributed by atoms with Crippen LogP contribution in [0.3, 0.4) is 0 Å². The van der Waals surface area contributed by atoms with Gasteiger partial charge < -0.3 is 0 Å². The van der Waals surface area contributed by atoms with Gasteiger partial charge >= 0.3 is 0 Å². The Labute approximate surface area is 195 Å². The molecule has 32 heavy (non-hydrogen) atoms. The fraction of sp³-hybridized carbons (Fsp3) is 0.308. The van der Waals surface area contributed by atoms with E-state index in [0.717, 1.165) is 49.3 Å². The summed E-state index contributed by atoms with van der Waals surface area (Å²) >= 11 is 6.02. The van der Waals surface area contributed by atoms with Gasteiger partial charge in [-0.3, -0.25) is 9.21 Å². The lowest BCUT2D eigenvalue weighted by molar-refractivity contribution is 0.331. The molecule has 1 saturated heterocycles. The van der Waals surface area contributed by atoms with Gasteiger partial charge in [-0.25, -0.2) is 8.42 Å². The first-order valence-corrected chi connectivity index (χ1v) is 13.0. The van der Waals surface area contributed by atoms with E-state index in [1.54, 1.807) is 28.6 Å². The summed E-state index contributed by atoms with van der Waals surface area (Å²) in [6.07, 6.45) is 4.15. The number of hydrogen-bond donors (Lipinski definition) is 0. The van der Waals surface area contributed by atoms with E-state index in [1.165, 1.54) is 18.4 Å². The molecular weight excluding hydrogens is 440 g/mol. The van der Waals surface area contributed by atoms with Gasteiger partial charge in [0.15, 0.2) is 0 Å². The molecule has 0 N–H and O–H groups in total. The van der Waals surface area contributed by atoms with Crippen molar-refractivity contribution in [1.29, 1.82) is 0 Å². The zero-order valence-electron chi connectivity index (χ0n) is 18.0. The van der Waals surface area contributed by atoms with Gasteiger partial charge in [0.2, 0.25) is 0 Å². The Morgan fingerprint density at radius 1 is 0.875 bits per heavy atom. The van der Waals surface area contributed by atoms with E-state index in [4.69, 9.17) is 11.6 Å². The highest BCUT2D eigenvalue weighted by Crippen LogP contribution is 2.42. The Hall–Kier alpha value is -2.34. The maximum atomic E-state index is 13.8. The predicted octanol–water partition coefficient (Wildman–Crippen LogP) is 5.82. The third kappa shape index (κ3) is 4.17. The number of aryl methyl sites for hydroxylation is 1. The van der Waals surface area contributed by atoms with E-state index in [-0.39, 0.29) is 10.9 Å². The molecule has 2 aliphatic rings. The number of anilines is 1. The van der Waals surface area contributed by atoms with Gasteiger partial charge in [0.1, 0.15) is 0 Å². The lowest BCUT2D eigenvalue weighted by Crippen LogP contribution is -2.38. The van der Waals surface area contributed by atoms with Crippen molar-refractivity contribution >= 4 is 27.3 Å². The summed E-state index contributed by atoms with van der Waals surface area (Å²) in [6.45, 7) is 3.28. The molecule has 3 aromatic rings. The molecule has 3 aromatic carbocycles. The van der Waals surface area contributed by atoms with Gasteiger partial charge in [0, 0.05) is 11.6 Å². The molecule has 166 valence electrons. The molecule has 6 heteroatoms. The molecule has 1 unspecified atom stereocenters. The Balaban J connectivity index is 1.51. The van der Waals surface area contributed by atoms with Crippen LogP contribution in [0, 0.1) is 0 Å². The molecule has 0 saturated carbocycles. The maximum absolute atomic E-state index is 13.8. The van der Waals surface area contributed by atoms with Gasteiger partial charge in [-0.1, -0.05) is 54.1 Å². The van der Waals surface area contributed by atoms with Crippen molar-refractivity contribution in [1.82, 2.24) is 4.90 Å². The number of likely N-dealkylation sites (tertiary alicyclic amines) is 1. The van der Waals surface area contributed by atoms with Crippen molar-refractivity contribution in [3.8, 4) is 0 Å². The molecule has 0 bridgehead atoms. The molecule has 2 heterocycles. The highest BCUT2D eigenvalue weighted by atomic mass is 35.5. The van der Waals surface area contributed by atoms with Crippen LogP contribution in [0.25, 0.3) is 0 Å². The lowest BCUT2D eigenvalue weighted by atomic mass is 9.93. The van der Waals surface area contributed by atoms with Crippen molar-refractivity contribution in [2.75, 3.05) is 17.4 Å². The normalized spacial score (nSPS) is 19.2. The van der Waals surface area contributed by atoms with E-state index in [2.05, 4.69) is 29.2 Å². The number of sulfonamides is 1. The predicted molar refractivity (Wildman–Crippen MR) is 130 cm³/mol. The average Bonchev–Trinajstić information content (AvgIpc) is 3.32. The van der Waals surface area contributed by atoms with Crippen molar-refractivity contribution in [2.45, 2.75) is 43.2 Å². The SMILES string of the molecule is O=S(=O)(c1ccc(Cl)cc1)N1c2ccccc2CCC1c1ccc(CN2CCCC2)cc1. The summed E-state index contributed by atoms with van der Waals surface area (Å²) < 4.78 is 29.3. The quantitative estimate of drug-likeness (QED) is 0.475. The van der Waals surface area contributed by atoms with Crippen LogP contribution in [0.4, 0.5) is 5.69 Å². The molecule has 4 nitrogen and oxygen atoms in total. The van der Waals surface area contributed by atoms with Crippen molar-refractivity contribution in [3.05, 3.63) is 94.5 Å². The molecule has 0 radical (unpaired) electrons. The minimum Gasteiger partial charge on any atom is -0.299 e. The summed E-state index contributed by atoms with van der Waals surface area (Å²) in [5, 5.41) is 0.521. The molecule has 1 fully saturated rings. The van der Waals surface area contributed by atoms with Gasteiger partial charge in [0.25, 0.3) is 10.0 Å². The number of fused-ring (bicyclic) bond motifs is 1. The molecule has 0 aliphatic carbocycles. The van der Waals surface area contributed by atoms with Gasteiger partial charge in [-0.05, 0) is 85.8 Å². The van der Waals surface area contributed by atoms with Crippen LogP contribution in [0.5, 0.6) is 0 Å². The number of hydrogen-bond acceptors (Lipinski definition) is 3. The van der Waals surface area contributed by atoms with Crippen LogP contribution in [0.15, 0.2) is 77.7 Å². The van der Waals surface area contributed by atoms with Crippen molar-refractivity contribution in [2.24, 2.45) is 0 Å². The van der Waals surface area contributed by atoms with E-state index >= 15 is 0 Å². The van der Waals surface area contributed by atoms with E-state index in [0.29, 0.717) is 5.02 Å². The molecule has 0 aromatic heterocycles. The molecule has 0 amide bonds. The van der Waals surface area contributed by atoms with Crippen LogP contribution in [-0.2, 0) is 23.0 Å². The highest BCUT2D eigenvalue weighted by Gasteiger charge is 2.36. The first-order valence-electron chi connectivity index (χ1n) is 11.2. The minimum absolute atomic E-state index is 0.244. The monoisotopic (exact) mass is 466 g/mol. The second kappa shape index (κ2) is 8.89. The second-order valence-corrected chi connectivity index (χ2v) is 10.9. The van der Waals surface area contributed by atoms with Crippen molar-refractivity contribution in [3.63, 3.8) is 0 Å². The third-order valence-corrected chi connectivity index (χ3v) is 8.63. The number of rotatable bonds is 5. The first kappa shape index (κ1) is 21.5. The van der Waals surface area contributed by atoms with E-state index < -0.39 is 10.0 Å². The lowest BCUT2D eigenvalue weighted by Gasteiger charge is -2.38. The van der Waals surface area contributed by atoms with Crippen molar-refractivity contribution < 1.29 is 8.42 Å². The topological polar surface area (TPSA) is 40.6 Å². The largest absolute Gasteiger partial charge is 0.299 e. The summed E-state index contributed by atoms with van der Waals surface area (Å²) in [5.41, 5.74) is 4.13. The van der Waals surface area contributed by atoms with Crippen LogP contribution in [-0.4, -0.2) is 26.4 Å². The zero-order chi connectivity index (χ0) is 22.1. The smallest absolute Gasteiger partial charge is 0.264 e. The Morgan fingerprint density at radius 3 is 2.28 bits per heavy atom. The summed E-state index contributed by atoms with van der Waals surface area (Å²) in [5.74, 6) is 0. The molecular formula is C26H27ClN2O2S. The maximum Gasteiger partial charge on any atom is 0.264 e.